The minimum Gasteiger partial charge on any atom is -0.489 e. The fourth-order valence-corrected chi connectivity index (χ4v) is 3.68. The molecule has 1 aliphatic carbocycles. The first-order chi connectivity index (χ1) is 12.8. The summed E-state index contributed by atoms with van der Waals surface area (Å²) in [5.41, 5.74) is 3.72. The quantitative estimate of drug-likeness (QED) is 0.577. The van der Waals surface area contributed by atoms with Gasteiger partial charge in [0, 0.05) is 18.2 Å². The maximum Gasteiger partial charge on any atom is 0.258 e. The highest BCUT2D eigenvalue weighted by Crippen LogP contribution is 2.39. The molecule has 0 bridgehead atoms. The van der Waals surface area contributed by atoms with E-state index in [1.165, 1.54) is 18.9 Å². The number of aromatic amines is 1. The lowest BCUT2D eigenvalue weighted by Crippen LogP contribution is -2.16. The van der Waals surface area contributed by atoms with Gasteiger partial charge < -0.3 is 9.72 Å². The molecule has 0 saturated heterocycles. The second kappa shape index (κ2) is 6.14. The molecule has 0 aliphatic heterocycles. The molecule has 1 N–H and O–H groups in total. The smallest absolute Gasteiger partial charge is 0.258 e. The Balaban J connectivity index is 1.42. The Bertz CT molecular complexity index is 1120. The molecule has 1 aliphatic rings. The third-order valence-electron chi connectivity index (χ3n) is 4.60. The Morgan fingerprint density at radius 1 is 1.23 bits per heavy atom. The molecule has 5 nitrogen and oxygen atoms in total. The fraction of sp³-hybridized carbons (Fsp3) is 0.200. The van der Waals surface area contributed by atoms with E-state index in [1.54, 1.807) is 22.1 Å². The molecule has 0 unspecified atom stereocenters. The summed E-state index contributed by atoms with van der Waals surface area (Å²) in [5, 5.41) is 4.05. The fourth-order valence-electron chi connectivity index (χ4n) is 3.02. The van der Waals surface area contributed by atoms with Crippen LogP contribution in [0, 0.1) is 0 Å². The van der Waals surface area contributed by atoms with E-state index in [0.717, 1.165) is 28.1 Å². The molecular weight excluding hydrogens is 346 g/mol. The first kappa shape index (κ1) is 15.4. The van der Waals surface area contributed by atoms with Crippen LogP contribution in [0.25, 0.3) is 16.7 Å². The van der Waals surface area contributed by atoms with E-state index >= 15 is 0 Å². The zero-order valence-electron chi connectivity index (χ0n) is 14.0. The number of ether oxygens (including phenoxy) is 1. The summed E-state index contributed by atoms with van der Waals surface area (Å²) in [5.74, 6) is 2.21. The Labute approximate surface area is 153 Å². The first-order valence-electron chi connectivity index (χ1n) is 8.63. The van der Waals surface area contributed by atoms with E-state index in [1.807, 2.05) is 41.1 Å². The van der Waals surface area contributed by atoms with Crippen LogP contribution in [0.15, 0.2) is 58.1 Å². The number of nitrogens with one attached hydrogen (secondary N) is 1. The van der Waals surface area contributed by atoms with E-state index in [2.05, 4.69) is 9.97 Å². The summed E-state index contributed by atoms with van der Waals surface area (Å²) in [6, 6.07) is 11.2. The van der Waals surface area contributed by atoms with Crippen LogP contribution in [-0.2, 0) is 6.61 Å². The van der Waals surface area contributed by atoms with Gasteiger partial charge in [0.15, 0.2) is 0 Å². The minimum absolute atomic E-state index is 0.117. The molecule has 3 aromatic heterocycles. The molecule has 0 spiro atoms. The SMILES string of the molecule is O=c1cc(OCc2ccsc2)ccn1-c1ccc2nc(C3CC3)[nH]c2c1. The summed E-state index contributed by atoms with van der Waals surface area (Å²) in [4.78, 5) is 20.5. The lowest BCUT2D eigenvalue weighted by molar-refractivity contribution is 0.306. The first-order valence-corrected chi connectivity index (χ1v) is 9.57. The van der Waals surface area contributed by atoms with Crippen molar-refractivity contribution in [1.82, 2.24) is 14.5 Å². The largest absolute Gasteiger partial charge is 0.489 e. The van der Waals surface area contributed by atoms with E-state index in [0.29, 0.717) is 18.3 Å². The zero-order valence-corrected chi connectivity index (χ0v) is 14.8. The van der Waals surface area contributed by atoms with Gasteiger partial charge in [-0.3, -0.25) is 9.36 Å². The predicted octanol–water partition coefficient (Wildman–Crippen LogP) is 4.23. The number of imidazole rings is 1. The molecule has 3 heterocycles. The number of nitrogens with zero attached hydrogens (tertiary/aromatic N) is 2. The van der Waals surface area contributed by atoms with Gasteiger partial charge in [0.05, 0.1) is 16.7 Å². The van der Waals surface area contributed by atoms with Gasteiger partial charge in [-0.25, -0.2) is 4.98 Å². The van der Waals surface area contributed by atoms with Crippen molar-refractivity contribution in [3.05, 3.63) is 75.1 Å². The number of aromatic nitrogens is 3. The van der Waals surface area contributed by atoms with Crippen LogP contribution in [0.2, 0.25) is 0 Å². The van der Waals surface area contributed by atoms with Crippen LogP contribution in [0.5, 0.6) is 5.75 Å². The van der Waals surface area contributed by atoms with Gasteiger partial charge in [-0.2, -0.15) is 11.3 Å². The van der Waals surface area contributed by atoms with Gasteiger partial charge in [-0.05, 0) is 59.5 Å². The van der Waals surface area contributed by atoms with Crippen molar-refractivity contribution >= 4 is 22.4 Å². The highest BCUT2D eigenvalue weighted by Gasteiger charge is 2.26. The Hall–Kier alpha value is -2.86. The standard InChI is InChI=1S/C20H17N3O2S/c24-19-10-16(25-11-13-6-8-26-12-13)5-7-23(19)15-3-4-17-18(9-15)22-20(21-17)14-1-2-14/h3-10,12,14H,1-2,11H2,(H,21,22). The van der Waals surface area contributed by atoms with Crippen LogP contribution in [0.4, 0.5) is 0 Å². The average molecular weight is 363 g/mol. The van der Waals surface area contributed by atoms with E-state index in [9.17, 15) is 4.79 Å². The average Bonchev–Trinajstić information content (AvgIpc) is 3.20. The van der Waals surface area contributed by atoms with Gasteiger partial charge in [0.2, 0.25) is 0 Å². The number of fused-ring (bicyclic) bond motifs is 1. The molecule has 6 heteroatoms. The lowest BCUT2D eigenvalue weighted by atomic mass is 10.2. The molecule has 0 atom stereocenters. The second-order valence-corrected chi connectivity index (χ2v) is 7.37. The monoisotopic (exact) mass is 363 g/mol. The van der Waals surface area contributed by atoms with Crippen LogP contribution < -0.4 is 10.3 Å². The van der Waals surface area contributed by atoms with Gasteiger partial charge in [0.1, 0.15) is 18.2 Å². The van der Waals surface area contributed by atoms with Crippen molar-refractivity contribution in [2.45, 2.75) is 25.4 Å². The number of hydrogen-bond donors (Lipinski definition) is 1. The number of H-pyrrole nitrogens is 1. The molecule has 26 heavy (non-hydrogen) atoms. The molecule has 0 radical (unpaired) electrons. The van der Waals surface area contributed by atoms with E-state index in [4.69, 9.17) is 4.74 Å². The summed E-state index contributed by atoms with van der Waals surface area (Å²) in [6.07, 6.45) is 4.17. The Kier molecular flexibility index (Phi) is 3.64. The molecule has 1 saturated carbocycles. The molecule has 1 fully saturated rings. The lowest BCUT2D eigenvalue weighted by Gasteiger charge is -2.08. The van der Waals surface area contributed by atoms with Gasteiger partial charge >= 0.3 is 0 Å². The summed E-state index contributed by atoms with van der Waals surface area (Å²) >= 11 is 1.63. The molecule has 5 rings (SSSR count). The highest BCUT2D eigenvalue weighted by atomic mass is 32.1. The third-order valence-corrected chi connectivity index (χ3v) is 5.33. The molecule has 1 aromatic carbocycles. The Morgan fingerprint density at radius 2 is 2.15 bits per heavy atom. The van der Waals surface area contributed by atoms with Gasteiger partial charge in [0.25, 0.3) is 5.56 Å². The van der Waals surface area contributed by atoms with Gasteiger partial charge in [-0.1, -0.05) is 0 Å². The predicted molar refractivity (Wildman–Crippen MR) is 102 cm³/mol. The third kappa shape index (κ3) is 2.93. The van der Waals surface area contributed by atoms with Gasteiger partial charge in [-0.15, -0.1) is 0 Å². The number of thiophene rings is 1. The topological polar surface area (TPSA) is 59.9 Å². The molecule has 130 valence electrons. The number of hydrogen-bond acceptors (Lipinski definition) is 4. The van der Waals surface area contributed by atoms with E-state index in [-0.39, 0.29) is 5.56 Å². The summed E-state index contributed by atoms with van der Waals surface area (Å²) < 4.78 is 7.33. The van der Waals surface area contributed by atoms with Crippen LogP contribution in [0.1, 0.15) is 30.1 Å². The minimum atomic E-state index is -0.117. The normalized spacial score (nSPS) is 14.0. The number of benzene rings is 1. The zero-order chi connectivity index (χ0) is 17.5. The van der Waals surface area contributed by atoms with Crippen molar-refractivity contribution in [2.75, 3.05) is 0 Å². The Morgan fingerprint density at radius 3 is 2.92 bits per heavy atom. The van der Waals surface area contributed by atoms with Crippen molar-refractivity contribution in [2.24, 2.45) is 0 Å². The van der Waals surface area contributed by atoms with Crippen molar-refractivity contribution < 1.29 is 4.74 Å². The van der Waals surface area contributed by atoms with Crippen molar-refractivity contribution in [3.63, 3.8) is 0 Å². The summed E-state index contributed by atoms with van der Waals surface area (Å²) in [7, 11) is 0. The second-order valence-electron chi connectivity index (χ2n) is 6.59. The molecule has 0 amide bonds. The van der Waals surface area contributed by atoms with Crippen LogP contribution >= 0.6 is 11.3 Å². The molecule has 4 aromatic rings. The number of pyridine rings is 1. The van der Waals surface area contributed by atoms with Crippen LogP contribution in [0.3, 0.4) is 0 Å². The maximum atomic E-state index is 12.5. The van der Waals surface area contributed by atoms with Crippen LogP contribution in [-0.4, -0.2) is 14.5 Å². The number of rotatable bonds is 5. The molecular formula is C20H17N3O2S. The van der Waals surface area contributed by atoms with Crippen molar-refractivity contribution in [1.29, 1.82) is 0 Å². The van der Waals surface area contributed by atoms with Crippen molar-refractivity contribution in [3.8, 4) is 11.4 Å². The highest BCUT2D eigenvalue weighted by molar-refractivity contribution is 7.07. The maximum absolute atomic E-state index is 12.5. The van der Waals surface area contributed by atoms with E-state index < -0.39 is 0 Å². The summed E-state index contributed by atoms with van der Waals surface area (Å²) in [6.45, 7) is 0.469.